The lowest BCUT2D eigenvalue weighted by molar-refractivity contribution is 0.585. The Bertz CT molecular complexity index is 734. The SMILES string of the molecule is Fc1ccc(-c2nc3c(F)cccc3[nH]2)c(F)c1. The molecule has 0 amide bonds. The van der Waals surface area contributed by atoms with Gasteiger partial charge in [0, 0.05) is 6.07 Å². The maximum absolute atomic E-state index is 13.6. The molecule has 0 unspecified atom stereocenters. The Morgan fingerprint density at radius 2 is 1.78 bits per heavy atom. The summed E-state index contributed by atoms with van der Waals surface area (Å²) in [4.78, 5) is 6.78. The number of fused-ring (bicyclic) bond motifs is 1. The number of hydrogen-bond acceptors (Lipinski definition) is 1. The van der Waals surface area contributed by atoms with Gasteiger partial charge in [0.1, 0.15) is 23.0 Å². The first-order chi connectivity index (χ1) is 8.65. The summed E-state index contributed by atoms with van der Waals surface area (Å²) in [7, 11) is 0. The van der Waals surface area contributed by atoms with E-state index in [4.69, 9.17) is 0 Å². The fraction of sp³-hybridized carbons (Fsp3) is 0. The Hall–Kier alpha value is -2.30. The first-order valence-electron chi connectivity index (χ1n) is 5.25. The highest BCUT2D eigenvalue weighted by molar-refractivity contribution is 5.79. The molecule has 3 aromatic rings. The zero-order chi connectivity index (χ0) is 12.7. The summed E-state index contributed by atoms with van der Waals surface area (Å²) in [5.41, 5.74) is 0.706. The summed E-state index contributed by atoms with van der Waals surface area (Å²) in [6.07, 6.45) is 0. The van der Waals surface area contributed by atoms with Crippen LogP contribution >= 0.6 is 0 Å². The lowest BCUT2D eigenvalue weighted by atomic mass is 10.2. The molecule has 0 spiro atoms. The van der Waals surface area contributed by atoms with E-state index in [-0.39, 0.29) is 16.9 Å². The van der Waals surface area contributed by atoms with Crippen LogP contribution in [0.15, 0.2) is 36.4 Å². The third-order valence-corrected chi connectivity index (χ3v) is 2.65. The Kier molecular flexibility index (Phi) is 2.33. The molecule has 0 saturated heterocycles. The lowest BCUT2D eigenvalue weighted by Gasteiger charge is -1.98. The molecule has 0 saturated carbocycles. The van der Waals surface area contributed by atoms with Crippen LogP contribution in [0, 0.1) is 17.5 Å². The fourth-order valence-electron chi connectivity index (χ4n) is 1.81. The van der Waals surface area contributed by atoms with Crippen LogP contribution in [0.1, 0.15) is 0 Å². The first-order valence-corrected chi connectivity index (χ1v) is 5.25. The number of benzene rings is 2. The van der Waals surface area contributed by atoms with Gasteiger partial charge in [-0.3, -0.25) is 0 Å². The molecule has 1 heterocycles. The van der Waals surface area contributed by atoms with Gasteiger partial charge in [0.25, 0.3) is 0 Å². The van der Waals surface area contributed by atoms with Crippen molar-refractivity contribution in [3.05, 3.63) is 53.8 Å². The smallest absolute Gasteiger partial charge is 0.151 e. The van der Waals surface area contributed by atoms with Crippen LogP contribution in [0.4, 0.5) is 13.2 Å². The van der Waals surface area contributed by atoms with Gasteiger partial charge in [-0.05, 0) is 24.3 Å². The van der Waals surface area contributed by atoms with Crippen molar-refractivity contribution in [1.29, 1.82) is 0 Å². The third kappa shape index (κ3) is 1.64. The Balaban J connectivity index is 2.23. The molecule has 5 heteroatoms. The number of nitrogens with one attached hydrogen (secondary N) is 1. The van der Waals surface area contributed by atoms with Crippen LogP contribution in [0.5, 0.6) is 0 Å². The highest BCUT2D eigenvalue weighted by Crippen LogP contribution is 2.24. The van der Waals surface area contributed by atoms with Gasteiger partial charge in [-0.2, -0.15) is 0 Å². The molecule has 2 nitrogen and oxygen atoms in total. The average molecular weight is 248 g/mol. The topological polar surface area (TPSA) is 28.7 Å². The van der Waals surface area contributed by atoms with Crippen molar-refractivity contribution in [2.24, 2.45) is 0 Å². The molecular formula is C13H7F3N2. The number of nitrogens with zero attached hydrogens (tertiary/aromatic N) is 1. The second-order valence-electron chi connectivity index (χ2n) is 3.85. The zero-order valence-electron chi connectivity index (χ0n) is 9.05. The highest BCUT2D eigenvalue weighted by atomic mass is 19.1. The number of aromatic nitrogens is 2. The van der Waals surface area contributed by atoms with E-state index in [1.165, 1.54) is 18.2 Å². The number of aromatic amines is 1. The number of para-hydroxylation sites is 1. The summed E-state index contributed by atoms with van der Waals surface area (Å²) in [6, 6.07) is 7.59. The van der Waals surface area contributed by atoms with E-state index in [1.54, 1.807) is 6.07 Å². The van der Waals surface area contributed by atoms with E-state index in [2.05, 4.69) is 9.97 Å². The largest absolute Gasteiger partial charge is 0.338 e. The fourth-order valence-corrected chi connectivity index (χ4v) is 1.81. The maximum Gasteiger partial charge on any atom is 0.151 e. The standard InChI is InChI=1S/C13H7F3N2/c14-7-4-5-8(10(16)6-7)13-17-11-3-1-2-9(15)12(11)18-13/h1-6H,(H,17,18). The van der Waals surface area contributed by atoms with E-state index in [9.17, 15) is 13.2 Å². The van der Waals surface area contributed by atoms with Crippen LogP contribution in [0.3, 0.4) is 0 Å². The Morgan fingerprint density at radius 3 is 2.50 bits per heavy atom. The van der Waals surface area contributed by atoms with E-state index in [1.807, 2.05) is 0 Å². The predicted octanol–water partition coefficient (Wildman–Crippen LogP) is 3.65. The van der Waals surface area contributed by atoms with Crippen LogP contribution in [-0.4, -0.2) is 9.97 Å². The molecule has 90 valence electrons. The quantitative estimate of drug-likeness (QED) is 0.699. The minimum atomic E-state index is -0.741. The van der Waals surface area contributed by atoms with Gasteiger partial charge < -0.3 is 4.98 Å². The van der Waals surface area contributed by atoms with Gasteiger partial charge in [0.2, 0.25) is 0 Å². The minimum absolute atomic E-state index is 0.104. The molecule has 0 aliphatic heterocycles. The maximum atomic E-state index is 13.6. The molecule has 0 fully saturated rings. The molecule has 0 radical (unpaired) electrons. The number of rotatable bonds is 1. The molecule has 1 N–H and O–H groups in total. The summed E-state index contributed by atoms with van der Waals surface area (Å²) < 4.78 is 39.8. The van der Waals surface area contributed by atoms with Crippen molar-refractivity contribution in [1.82, 2.24) is 9.97 Å². The van der Waals surface area contributed by atoms with E-state index < -0.39 is 17.5 Å². The number of H-pyrrole nitrogens is 1. The molecule has 1 aromatic heterocycles. The van der Waals surface area contributed by atoms with Gasteiger partial charge in [0.15, 0.2) is 5.82 Å². The normalized spacial score (nSPS) is 11.1. The zero-order valence-corrected chi connectivity index (χ0v) is 9.05. The molecular weight excluding hydrogens is 241 g/mol. The summed E-state index contributed by atoms with van der Waals surface area (Å²) >= 11 is 0. The summed E-state index contributed by atoms with van der Waals surface area (Å²) in [6.45, 7) is 0. The Morgan fingerprint density at radius 1 is 0.944 bits per heavy atom. The van der Waals surface area contributed by atoms with Crippen molar-refractivity contribution in [2.75, 3.05) is 0 Å². The van der Waals surface area contributed by atoms with Gasteiger partial charge in [0.05, 0.1) is 11.1 Å². The van der Waals surface area contributed by atoms with Crippen molar-refractivity contribution in [2.45, 2.75) is 0 Å². The summed E-state index contributed by atoms with van der Waals surface area (Å²) in [5, 5.41) is 0. The molecule has 0 bridgehead atoms. The second kappa shape index (κ2) is 3.87. The van der Waals surface area contributed by atoms with Crippen LogP contribution in [-0.2, 0) is 0 Å². The molecule has 18 heavy (non-hydrogen) atoms. The summed E-state index contributed by atoms with van der Waals surface area (Å²) in [5.74, 6) is -1.72. The van der Waals surface area contributed by atoms with Crippen LogP contribution < -0.4 is 0 Å². The van der Waals surface area contributed by atoms with Gasteiger partial charge in [-0.1, -0.05) is 6.07 Å². The molecule has 2 aromatic carbocycles. The van der Waals surface area contributed by atoms with Gasteiger partial charge in [-0.25, -0.2) is 18.2 Å². The lowest BCUT2D eigenvalue weighted by Crippen LogP contribution is -1.87. The monoisotopic (exact) mass is 248 g/mol. The van der Waals surface area contributed by atoms with Crippen molar-refractivity contribution in [3.8, 4) is 11.4 Å². The first kappa shape index (κ1) is 10.8. The number of halogens is 3. The number of hydrogen-bond donors (Lipinski definition) is 1. The number of imidazole rings is 1. The van der Waals surface area contributed by atoms with Crippen molar-refractivity contribution < 1.29 is 13.2 Å². The van der Waals surface area contributed by atoms with Crippen LogP contribution in [0.2, 0.25) is 0 Å². The van der Waals surface area contributed by atoms with Crippen molar-refractivity contribution >= 4 is 11.0 Å². The molecule has 0 aliphatic carbocycles. The average Bonchev–Trinajstić information content (AvgIpc) is 2.74. The Labute approximate surface area is 100 Å². The van der Waals surface area contributed by atoms with Gasteiger partial charge in [-0.15, -0.1) is 0 Å². The van der Waals surface area contributed by atoms with Gasteiger partial charge >= 0.3 is 0 Å². The molecule has 3 rings (SSSR count). The second-order valence-corrected chi connectivity index (χ2v) is 3.85. The third-order valence-electron chi connectivity index (χ3n) is 2.65. The van der Waals surface area contributed by atoms with Crippen LogP contribution in [0.25, 0.3) is 22.4 Å². The van der Waals surface area contributed by atoms with E-state index in [0.29, 0.717) is 5.52 Å². The highest BCUT2D eigenvalue weighted by Gasteiger charge is 2.12. The predicted molar refractivity (Wildman–Crippen MR) is 61.4 cm³/mol. The van der Waals surface area contributed by atoms with Crippen molar-refractivity contribution in [3.63, 3.8) is 0 Å². The molecule has 0 atom stereocenters. The van der Waals surface area contributed by atoms with E-state index >= 15 is 0 Å². The molecule has 0 aliphatic rings. The van der Waals surface area contributed by atoms with E-state index in [0.717, 1.165) is 12.1 Å². The minimum Gasteiger partial charge on any atom is -0.338 e.